The SMILES string of the molecule is CC(C)Cn1ncnc1CC(=N)N. The molecule has 3 N–H and O–H groups in total. The highest BCUT2D eigenvalue weighted by Crippen LogP contribution is 2.01. The molecule has 0 fully saturated rings. The van der Waals surface area contributed by atoms with E-state index in [2.05, 4.69) is 23.9 Å². The first-order valence-electron chi connectivity index (χ1n) is 4.29. The molecule has 0 aliphatic carbocycles. The third-order valence-electron chi connectivity index (χ3n) is 1.58. The van der Waals surface area contributed by atoms with Gasteiger partial charge in [-0.1, -0.05) is 13.8 Å². The van der Waals surface area contributed by atoms with Gasteiger partial charge in [-0.15, -0.1) is 0 Å². The Morgan fingerprint density at radius 1 is 1.69 bits per heavy atom. The van der Waals surface area contributed by atoms with Crippen molar-refractivity contribution >= 4 is 5.84 Å². The number of rotatable bonds is 4. The van der Waals surface area contributed by atoms with Crippen molar-refractivity contribution in [2.75, 3.05) is 0 Å². The molecule has 1 rings (SSSR count). The van der Waals surface area contributed by atoms with Crippen LogP contribution in [0.25, 0.3) is 0 Å². The van der Waals surface area contributed by atoms with Crippen molar-refractivity contribution in [2.24, 2.45) is 11.7 Å². The second-order valence-electron chi connectivity index (χ2n) is 3.45. The molecule has 0 spiro atoms. The topological polar surface area (TPSA) is 80.6 Å². The highest BCUT2D eigenvalue weighted by Gasteiger charge is 2.06. The minimum absolute atomic E-state index is 0.123. The molecule has 0 bridgehead atoms. The first-order valence-corrected chi connectivity index (χ1v) is 4.29. The van der Waals surface area contributed by atoms with E-state index in [0.29, 0.717) is 12.3 Å². The average molecular weight is 181 g/mol. The third-order valence-corrected chi connectivity index (χ3v) is 1.58. The van der Waals surface area contributed by atoms with Crippen molar-refractivity contribution in [3.63, 3.8) is 0 Å². The quantitative estimate of drug-likeness (QED) is 0.521. The number of amidine groups is 1. The maximum absolute atomic E-state index is 7.15. The zero-order valence-electron chi connectivity index (χ0n) is 7.99. The number of nitrogens with one attached hydrogen (secondary N) is 1. The fourth-order valence-corrected chi connectivity index (χ4v) is 1.09. The molecule has 5 heteroatoms. The number of aromatic nitrogens is 3. The summed E-state index contributed by atoms with van der Waals surface area (Å²) in [5.74, 6) is 1.41. The van der Waals surface area contributed by atoms with Gasteiger partial charge in [0.2, 0.25) is 0 Å². The maximum Gasteiger partial charge on any atom is 0.138 e. The molecule has 0 atom stereocenters. The predicted molar refractivity (Wildman–Crippen MR) is 50.5 cm³/mol. The molecule has 0 aliphatic heterocycles. The van der Waals surface area contributed by atoms with Gasteiger partial charge in [0.25, 0.3) is 0 Å². The monoisotopic (exact) mass is 181 g/mol. The number of hydrogen-bond donors (Lipinski definition) is 2. The van der Waals surface area contributed by atoms with Crippen LogP contribution in [0.2, 0.25) is 0 Å². The van der Waals surface area contributed by atoms with E-state index >= 15 is 0 Å². The second kappa shape index (κ2) is 4.02. The molecule has 0 saturated carbocycles. The lowest BCUT2D eigenvalue weighted by Crippen LogP contribution is -2.18. The summed E-state index contributed by atoms with van der Waals surface area (Å²) in [4.78, 5) is 4.04. The van der Waals surface area contributed by atoms with E-state index in [-0.39, 0.29) is 5.84 Å². The Balaban J connectivity index is 2.71. The predicted octanol–water partition coefficient (Wildman–Crippen LogP) is 0.413. The van der Waals surface area contributed by atoms with E-state index in [4.69, 9.17) is 11.1 Å². The van der Waals surface area contributed by atoms with Gasteiger partial charge in [-0.05, 0) is 5.92 Å². The largest absolute Gasteiger partial charge is 0.387 e. The maximum atomic E-state index is 7.15. The first kappa shape index (κ1) is 9.70. The Kier molecular flexibility index (Phi) is 3.00. The lowest BCUT2D eigenvalue weighted by molar-refractivity contribution is 0.470. The Hall–Kier alpha value is -1.39. The molecular formula is C8H15N5. The zero-order chi connectivity index (χ0) is 9.84. The molecular weight excluding hydrogens is 166 g/mol. The van der Waals surface area contributed by atoms with Crippen LogP contribution in [0.1, 0.15) is 19.7 Å². The summed E-state index contributed by atoms with van der Waals surface area (Å²) < 4.78 is 1.80. The van der Waals surface area contributed by atoms with Gasteiger partial charge in [-0.25, -0.2) is 9.67 Å². The van der Waals surface area contributed by atoms with Crippen LogP contribution in [0.3, 0.4) is 0 Å². The minimum atomic E-state index is 0.123. The Morgan fingerprint density at radius 3 is 2.92 bits per heavy atom. The zero-order valence-corrected chi connectivity index (χ0v) is 7.99. The summed E-state index contributed by atoms with van der Waals surface area (Å²) in [5, 5.41) is 11.2. The molecule has 0 saturated heterocycles. The van der Waals surface area contributed by atoms with Gasteiger partial charge in [0, 0.05) is 6.54 Å². The molecule has 0 unspecified atom stereocenters. The Morgan fingerprint density at radius 2 is 2.38 bits per heavy atom. The van der Waals surface area contributed by atoms with Crippen LogP contribution < -0.4 is 5.73 Å². The van der Waals surface area contributed by atoms with Crippen molar-refractivity contribution in [2.45, 2.75) is 26.8 Å². The van der Waals surface area contributed by atoms with Gasteiger partial charge in [-0.3, -0.25) is 5.41 Å². The summed E-state index contributed by atoms with van der Waals surface area (Å²) in [6.07, 6.45) is 1.88. The van der Waals surface area contributed by atoms with Crippen LogP contribution in [-0.2, 0) is 13.0 Å². The summed E-state index contributed by atoms with van der Waals surface area (Å²) in [7, 11) is 0. The smallest absolute Gasteiger partial charge is 0.138 e. The van der Waals surface area contributed by atoms with Crippen molar-refractivity contribution in [3.8, 4) is 0 Å². The van der Waals surface area contributed by atoms with Crippen molar-refractivity contribution in [1.82, 2.24) is 14.8 Å². The van der Waals surface area contributed by atoms with Crippen molar-refractivity contribution < 1.29 is 0 Å². The van der Waals surface area contributed by atoms with Crippen LogP contribution in [0.4, 0.5) is 0 Å². The van der Waals surface area contributed by atoms with E-state index < -0.39 is 0 Å². The van der Waals surface area contributed by atoms with Crippen LogP contribution in [0, 0.1) is 11.3 Å². The van der Waals surface area contributed by atoms with E-state index in [9.17, 15) is 0 Å². The molecule has 1 aromatic rings. The lowest BCUT2D eigenvalue weighted by atomic mass is 10.2. The minimum Gasteiger partial charge on any atom is -0.387 e. The number of hydrogen-bond acceptors (Lipinski definition) is 3. The Bertz CT molecular complexity index is 288. The Labute approximate surface area is 77.5 Å². The summed E-state index contributed by atoms with van der Waals surface area (Å²) >= 11 is 0. The molecule has 0 aliphatic rings. The standard InChI is InChI=1S/C8H15N5/c1-6(2)4-13-8(3-7(9)10)11-5-12-13/h5-6H,3-4H2,1-2H3,(H3,9,10). The first-order chi connectivity index (χ1) is 6.09. The molecule has 0 aromatic carbocycles. The van der Waals surface area contributed by atoms with Crippen molar-refractivity contribution in [3.05, 3.63) is 12.2 Å². The summed E-state index contributed by atoms with van der Waals surface area (Å²) in [5.41, 5.74) is 5.29. The molecule has 1 aromatic heterocycles. The molecule has 13 heavy (non-hydrogen) atoms. The summed E-state index contributed by atoms with van der Waals surface area (Å²) in [6.45, 7) is 5.04. The van der Waals surface area contributed by atoms with Gasteiger partial charge in [0.15, 0.2) is 0 Å². The van der Waals surface area contributed by atoms with Gasteiger partial charge < -0.3 is 5.73 Å². The lowest BCUT2D eigenvalue weighted by Gasteiger charge is -2.07. The van der Waals surface area contributed by atoms with E-state index in [1.54, 1.807) is 4.68 Å². The van der Waals surface area contributed by atoms with Crippen LogP contribution in [0.5, 0.6) is 0 Å². The average Bonchev–Trinajstić information content (AvgIpc) is 2.34. The van der Waals surface area contributed by atoms with Crippen LogP contribution >= 0.6 is 0 Å². The van der Waals surface area contributed by atoms with E-state index in [0.717, 1.165) is 12.4 Å². The molecule has 1 heterocycles. The molecule has 0 radical (unpaired) electrons. The van der Waals surface area contributed by atoms with Crippen molar-refractivity contribution in [1.29, 1.82) is 5.41 Å². The van der Waals surface area contributed by atoms with Gasteiger partial charge in [0.1, 0.15) is 12.2 Å². The van der Waals surface area contributed by atoms with E-state index in [1.165, 1.54) is 6.33 Å². The fraction of sp³-hybridized carbons (Fsp3) is 0.625. The summed E-state index contributed by atoms with van der Waals surface area (Å²) in [6, 6.07) is 0. The molecule has 0 amide bonds. The number of nitrogens with zero attached hydrogens (tertiary/aromatic N) is 3. The highest BCUT2D eigenvalue weighted by molar-refractivity contribution is 5.78. The normalized spacial score (nSPS) is 10.7. The fourth-order valence-electron chi connectivity index (χ4n) is 1.09. The molecule has 72 valence electrons. The number of nitrogens with two attached hydrogens (primary N) is 1. The van der Waals surface area contributed by atoms with Crippen LogP contribution in [-0.4, -0.2) is 20.6 Å². The van der Waals surface area contributed by atoms with E-state index in [1.807, 2.05) is 0 Å². The third kappa shape index (κ3) is 2.85. The second-order valence-corrected chi connectivity index (χ2v) is 3.45. The molecule has 5 nitrogen and oxygen atoms in total. The van der Waals surface area contributed by atoms with Gasteiger partial charge in [-0.2, -0.15) is 5.10 Å². The van der Waals surface area contributed by atoms with Crippen LogP contribution in [0.15, 0.2) is 6.33 Å². The highest BCUT2D eigenvalue weighted by atomic mass is 15.3. The van der Waals surface area contributed by atoms with Gasteiger partial charge in [0.05, 0.1) is 12.3 Å². The van der Waals surface area contributed by atoms with Gasteiger partial charge >= 0.3 is 0 Å².